The second kappa shape index (κ2) is 8.60. The highest BCUT2D eigenvalue weighted by Crippen LogP contribution is 2.23. The Labute approximate surface area is 141 Å². The van der Waals surface area contributed by atoms with Crippen LogP contribution in [-0.2, 0) is 6.54 Å². The number of rotatable bonds is 8. The molecule has 0 unspecified atom stereocenters. The lowest BCUT2D eigenvalue weighted by Crippen LogP contribution is -2.14. The number of nitrogens with zero attached hydrogens (tertiary/aromatic N) is 4. The van der Waals surface area contributed by atoms with Crippen LogP contribution in [-0.4, -0.2) is 52.0 Å². The summed E-state index contributed by atoms with van der Waals surface area (Å²) in [6.07, 6.45) is 2.04. The summed E-state index contributed by atoms with van der Waals surface area (Å²) in [5.41, 5.74) is 4.66. The van der Waals surface area contributed by atoms with Crippen LogP contribution in [0.1, 0.15) is 11.1 Å². The molecule has 1 aromatic heterocycles. The van der Waals surface area contributed by atoms with E-state index >= 15 is 0 Å². The van der Waals surface area contributed by atoms with Gasteiger partial charge in [-0.2, -0.15) is 0 Å². The molecule has 0 saturated carbocycles. The van der Waals surface area contributed by atoms with E-state index < -0.39 is 0 Å². The van der Waals surface area contributed by atoms with E-state index in [1.165, 1.54) is 16.7 Å². The monoisotopic (exact) mass is 336 g/mol. The molecule has 0 spiro atoms. The summed E-state index contributed by atoms with van der Waals surface area (Å²) >= 11 is 0. The van der Waals surface area contributed by atoms with Gasteiger partial charge in [0.05, 0.1) is 12.7 Å². The fourth-order valence-electron chi connectivity index (χ4n) is 2.10. The van der Waals surface area contributed by atoms with Gasteiger partial charge in [0.15, 0.2) is 0 Å². The summed E-state index contributed by atoms with van der Waals surface area (Å²) in [5.74, 6) is 2.20. The molecule has 0 aliphatic carbocycles. The second-order valence-corrected chi connectivity index (χ2v) is 8.33. The highest BCUT2D eigenvalue weighted by Gasteiger charge is 2.07. The molecule has 2 rings (SSSR count). The van der Waals surface area contributed by atoms with Gasteiger partial charge in [-0.1, -0.05) is 50.6 Å². The molecule has 0 saturated heterocycles. The summed E-state index contributed by atoms with van der Waals surface area (Å²) in [6.45, 7) is 6.26. The van der Waals surface area contributed by atoms with Gasteiger partial charge in [0.25, 0.3) is 0 Å². The third kappa shape index (κ3) is 5.34. The zero-order valence-electron chi connectivity index (χ0n) is 13.7. The van der Waals surface area contributed by atoms with Gasteiger partial charge in [-0.15, -0.1) is 5.10 Å². The first-order chi connectivity index (χ1) is 10.6. The van der Waals surface area contributed by atoms with Crippen LogP contribution in [0.5, 0.6) is 0 Å². The maximum absolute atomic E-state index is 4.31. The smallest absolute Gasteiger partial charge is 0.113 e. The Kier molecular flexibility index (Phi) is 6.79. The lowest BCUT2D eigenvalue weighted by atomic mass is 10.0. The molecule has 0 fully saturated rings. The molecule has 0 atom stereocenters. The molecule has 0 amide bonds. The minimum absolute atomic E-state index is 0.900. The highest BCUT2D eigenvalue weighted by molar-refractivity contribution is 8.76. The number of benzene rings is 1. The molecule has 1 heterocycles. The zero-order chi connectivity index (χ0) is 15.9. The average molecular weight is 337 g/mol. The molecular weight excluding hydrogens is 312 g/mol. The van der Waals surface area contributed by atoms with Crippen molar-refractivity contribution in [3.05, 3.63) is 35.5 Å². The van der Waals surface area contributed by atoms with E-state index in [-0.39, 0.29) is 0 Å². The first kappa shape index (κ1) is 17.4. The summed E-state index contributed by atoms with van der Waals surface area (Å²) in [5, 5.41) is 8.54. The fourth-order valence-corrected chi connectivity index (χ4v) is 4.19. The van der Waals surface area contributed by atoms with Crippen LogP contribution in [0.2, 0.25) is 0 Å². The van der Waals surface area contributed by atoms with Gasteiger partial charge >= 0.3 is 0 Å². The summed E-state index contributed by atoms with van der Waals surface area (Å²) in [4.78, 5) is 2.21. The van der Waals surface area contributed by atoms with Gasteiger partial charge in [0.1, 0.15) is 5.69 Å². The van der Waals surface area contributed by atoms with Crippen molar-refractivity contribution in [3.63, 3.8) is 0 Å². The Hall–Kier alpha value is -0.980. The molecule has 120 valence electrons. The van der Waals surface area contributed by atoms with Gasteiger partial charge in [-0.25, -0.2) is 0 Å². The maximum Gasteiger partial charge on any atom is 0.113 e. The SMILES string of the molecule is Cc1ccc(-c2cn(CCSSCCN(C)C)nn2)c(C)c1. The van der Waals surface area contributed by atoms with E-state index in [9.17, 15) is 0 Å². The standard InChI is InChI=1S/C16H24N4S2/c1-13-5-6-15(14(2)11-13)16-12-20(18-17-16)8-10-22-21-9-7-19(3)4/h5-6,11-12H,7-10H2,1-4H3. The van der Waals surface area contributed by atoms with Gasteiger partial charge in [-0.3, -0.25) is 4.68 Å². The molecule has 2 aromatic rings. The number of hydrogen-bond donors (Lipinski definition) is 0. The van der Waals surface area contributed by atoms with E-state index in [1.807, 2.05) is 32.5 Å². The Balaban J connectivity index is 1.81. The third-order valence-corrected chi connectivity index (χ3v) is 5.67. The van der Waals surface area contributed by atoms with E-state index in [0.29, 0.717) is 0 Å². The van der Waals surface area contributed by atoms with Crippen molar-refractivity contribution in [1.29, 1.82) is 0 Å². The third-order valence-electron chi connectivity index (χ3n) is 3.31. The minimum Gasteiger partial charge on any atom is -0.309 e. The molecule has 22 heavy (non-hydrogen) atoms. The predicted octanol–water partition coefficient (Wildman–Crippen LogP) is 3.50. The Morgan fingerprint density at radius 3 is 2.64 bits per heavy atom. The molecule has 1 aromatic carbocycles. The average Bonchev–Trinajstić information content (AvgIpc) is 2.91. The van der Waals surface area contributed by atoms with Crippen molar-refractivity contribution in [2.24, 2.45) is 0 Å². The Morgan fingerprint density at radius 1 is 1.14 bits per heavy atom. The van der Waals surface area contributed by atoms with Crippen LogP contribution in [0.4, 0.5) is 0 Å². The van der Waals surface area contributed by atoms with Crippen molar-refractivity contribution < 1.29 is 0 Å². The fraction of sp³-hybridized carbons (Fsp3) is 0.500. The van der Waals surface area contributed by atoms with Crippen molar-refractivity contribution >= 4 is 21.6 Å². The van der Waals surface area contributed by atoms with E-state index in [4.69, 9.17) is 0 Å². The summed E-state index contributed by atoms with van der Waals surface area (Å²) in [6, 6.07) is 6.44. The first-order valence-corrected chi connectivity index (χ1v) is 9.92. The van der Waals surface area contributed by atoms with Crippen LogP contribution in [0, 0.1) is 13.8 Å². The predicted molar refractivity (Wildman–Crippen MR) is 98.4 cm³/mol. The van der Waals surface area contributed by atoms with Crippen LogP contribution in [0.25, 0.3) is 11.3 Å². The summed E-state index contributed by atoms with van der Waals surface area (Å²) in [7, 11) is 8.04. The van der Waals surface area contributed by atoms with Crippen molar-refractivity contribution in [3.8, 4) is 11.3 Å². The highest BCUT2D eigenvalue weighted by atomic mass is 33.1. The zero-order valence-corrected chi connectivity index (χ0v) is 15.4. The van der Waals surface area contributed by atoms with Crippen LogP contribution >= 0.6 is 21.6 Å². The van der Waals surface area contributed by atoms with Gasteiger partial charge in [0.2, 0.25) is 0 Å². The first-order valence-electron chi connectivity index (χ1n) is 7.43. The Bertz CT molecular complexity index is 596. The number of hydrogen-bond acceptors (Lipinski definition) is 5. The van der Waals surface area contributed by atoms with E-state index in [2.05, 4.69) is 61.4 Å². The van der Waals surface area contributed by atoms with Gasteiger partial charge in [-0.05, 0) is 33.5 Å². The van der Waals surface area contributed by atoms with Crippen molar-refractivity contribution in [2.75, 3.05) is 32.1 Å². The van der Waals surface area contributed by atoms with Crippen molar-refractivity contribution in [2.45, 2.75) is 20.4 Å². The van der Waals surface area contributed by atoms with Crippen LogP contribution in [0.15, 0.2) is 24.4 Å². The quantitative estimate of drug-likeness (QED) is 0.544. The molecule has 4 nitrogen and oxygen atoms in total. The number of aryl methyl sites for hydroxylation is 3. The lowest BCUT2D eigenvalue weighted by Gasteiger charge is -2.07. The second-order valence-electron chi connectivity index (χ2n) is 5.63. The largest absolute Gasteiger partial charge is 0.309 e. The summed E-state index contributed by atoms with van der Waals surface area (Å²) < 4.78 is 1.94. The molecule has 0 N–H and O–H groups in total. The maximum atomic E-state index is 4.31. The van der Waals surface area contributed by atoms with Crippen LogP contribution in [0.3, 0.4) is 0 Å². The molecule has 0 aliphatic rings. The van der Waals surface area contributed by atoms with E-state index in [1.54, 1.807) is 0 Å². The van der Waals surface area contributed by atoms with E-state index in [0.717, 1.165) is 30.3 Å². The minimum atomic E-state index is 0.900. The molecule has 0 aliphatic heterocycles. The molecule has 6 heteroatoms. The molecular formula is C16H24N4S2. The Morgan fingerprint density at radius 2 is 1.91 bits per heavy atom. The van der Waals surface area contributed by atoms with Gasteiger partial charge < -0.3 is 4.90 Å². The van der Waals surface area contributed by atoms with Gasteiger partial charge in [0, 0.05) is 23.6 Å². The number of aromatic nitrogens is 3. The lowest BCUT2D eigenvalue weighted by molar-refractivity contribution is 0.438. The van der Waals surface area contributed by atoms with Crippen molar-refractivity contribution in [1.82, 2.24) is 19.9 Å². The molecule has 0 bridgehead atoms. The normalized spacial score (nSPS) is 11.3. The molecule has 0 radical (unpaired) electrons. The van der Waals surface area contributed by atoms with Crippen LogP contribution < -0.4 is 0 Å². The topological polar surface area (TPSA) is 34.0 Å².